The van der Waals surface area contributed by atoms with Gasteiger partial charge in [0.2, 0.25) is 0 Å². The van der Waals surface area contributed by atoms with E-state index >= 15 is 0 Å². The van der Waals surface area contributed by atoms with E-state index in [1.807, 2.05) is 0 Å². The van der Waals surface area contributed by atoms with E-state index in [9.17, 15) is 5.11 Å². The zero-order valence-electron chi connectivity index (χ0n) is 16.5. The molecule has 1 N–H and O–H groups in total. The molecule has 3 heteroatoms. The van der Waals surface area contributed by atoms with E-state index in [1.165, 1.54) is 23.1 Å². The molecule has 0 radical (unpaired) electrons. The van der Waals surface area contributed by atoms with Gasteiger partial charge in [-0.25, -0.2) is 0 Å². The second-order valence-electron chi connectivity index (χ2n) is 8.38. The molecule has 2 aliphatic rings. The summed E-state index contributed by atoms with van der Waals surface area (Å²) in [6, 6.07) is 17.6. The second-order valence-corrected chi connectivity index (χ2v) is 8.38. The van der Waals surface area contributed by atoms with Crippen molar-refractivity contribution in [1.29, 1.82) is 0 Å². The van der Waals surface area contributed by atoms with Gasteiger partial charge < -0.3 is 9.84 Å². The molecule has 2 fully saturated rings. The van der Waals surface area contributed by atoms with E-state index in [4.69, 9.17) is 4.74 Å². The number of methoxy groups -OCH3 is 1. The Hall–Kier alpha value is -1.84. The zero-order valence-corrected chi connectivity index (χ0v) is 16.5. The Bertz CT molecular complexity index is 755. The minimum Gasteiger partial charge on any atom is -0.497 e. The zero-order chi connectivity index (χ0) is 18.9. The fourth-order valence-corrected chi connectivity index (χ4v) is 5.09. The van der Waals surface area contributed by atoms with Crippen LogP contribution in [0.2, 0.25) is 0 Å². The summed E-state index contributed by atoms with van der Waals surface area (Å²) in [6.45, 7) is 4.01. The largest absolute Gasteiger partial charge is 0.497 e. The van der Waals surface area contributed by atoms with Crippen molar-refractivity contribution in [2.45, 2.75) is 57.2 Å². The van der Waals surface area contributed by atoms with Gasteiger partial charge in [0.25, 0.3) is 0 Å². The van der Waals surface area contributed by atoms with Crippen LogP contribution in [0.4, 0.5) is 0 Å². The maximum atomic E-state index is 11.4. The Labute approximate surface area is 163 Å². The summed E-state index contributed by atoms with van der Waals surface area (Å²) in [6.07, 6.45) is 5.31. The van der Waals surface area contributed by atoms with Gasteiger partial charge in [0, 0.05) is 25.0 Å². The quantitative estimate of drug-likeness (QED) is 0.839. The standard InChI is InChI=1S/C24H31NO2/c1-18-6-8-19(9-7-18)17-25-16-15-24(26)14-4-3-5-22(24)23(25)20-10-12-21(27-2)13-11-20/h6-13,22-23,26H,3-5,14-17H2,1-2H3/t22-,23-,24+/m1/s1. The first-order chi connectivity index (χ1) is 13.1. The lowest BCUT2D eigenvalue weighted by Gasteiger charge is -2.52. The summed E-state index contributed by atoms with van der Waals surface area (Å²) in [5.41, 5.74) is 3.44. The summed E-state index contributed by atoms with van der Waals surface area (Å²) in [4.78, 5) is 2.58. The Morgan fingerprint density at radius 2 is 1.78 bits per heavy atom. The van der Waals surface area contributed by atoms with Gasteiger partial charge in [-0.05, 0) is 49.4 Å². The van der Waals surface area contributed by atoms with Gasteiger partial charge in [0.05, 0.1) is 12.7 Å². The molecule has 3 nitrogen and oxygen atoms in total. The molecule has 0 aromatic heterocycles. The fourth-order valence-electron chi connectivity index (χ4n) is 5.09. The van der Waals surface area contributed by atoms with Crippen LogP contribution < -0.4 is 4.74 Å². The van der Waals surface area contributed by atoms with Crippen molar-refractivity contribution in [3.8, 4) is 5.75 Å². The first-order valence-electron chi connectivity index (χ1n) is 10.2. The van der Waals surface area contributed by atoms with Gasteiger partial charge in [-0.15, -0.1) is 0 Å². The number of nitrogens with zero attached hydrogens (tertiary/aromatic N) is 1. The summed E-state index contributed by atoms with van der Waals surface area (Å²) in [5, 5.41) is 11.4. The van der Waals surface area contributed by atoms with Crippen LogP contribution in [0, 0.1) is 12.8 Å². The van der Waals surface area contributed by atoms with Crippen LogP contribution in [0.25, 0.3) is 0 Å². The van der Waals surface area contributed by atoms with E-state index < -0.39 is 5.60 Å². The summed E-state index contributed by atoms with van der Waals surface area (Å²) < 4.78 is 5.35. The molecule has 2 aromatic carbocycles. The Kier molecular flexibility index (Phi) is 5.25. The molecule has 0 unspecified atom stereocenters. The molecule has 2 aromatic rings. The van der Waals surface area contributed by atoms with E-state index in [-0.39, 0.29) is 6.04 Å². The molecule has 144 valence electrons. The lowest BCUT2D eigenvalue weighted by molar-refractivity contribution is -0.126. The maximum absolute atomic E-state index is 11.4. The SMILES string of the molecule is COc1ccc([C@@H]2[C@H]3CCCC[C@]3(O)CCN2Cc2ccc(C)cc2)cc1. The van der Waals surface area contributed by atoms with Crippen molar-refractivity contribution < 1.29 is 9.84 Å². The molecular formula is C24H31NO2. The molecule has 3 atom stereocenters. The Morgan fingerprint density at radius 1 is 1.04 bits per heavy atom. The van der Waals surface area contributed by atoms with Gasteiger partial charge >= 0.3 is 0 Å². The minimum atomic E-state index is -0.507. The fraction of sp³-hybridized carbons (Fsp3) is 0.500. The molecule has 1 aliphatic heterocycles. The summed E-state index contributed by atoms with van der Waals surface area (Å²) in [7, 11) is 1.71. The lowest BCUT2D eigenvalue weighted by Crippen LogP contribution is -2.54. The van der Waals surface area contributed by atoms with Crippen molar-refractivity contribution in [3.63, 3.8) is 0 Å². The van der Waals surface area contributed by atoms with Crippen molar-refractivity contribution in [1.82, 2.24) is 4.90 Å². The van der Waals surface area contributed by atoms with Crippen LogP contribution in [-0.2, 0) is 6.54 Å². The Morgan fingerprint density at radius 3 is 2.48 bits per heavy atom. The van der Waals surface area contributed by atoms with Crippen LogP contribution in [-0.4, -0.2) is 29.3 Å². The molecule has 1 aliphatic carbocycles. The number of hydrogen-bond donors (Lipinski definition) is 1. The highest BCUT2D eigenvalue weighted by Crippen LogP contribution is 2.49. The first-order valence-corrected chi connectivity index (χ1v) is 10.2. The van der Waals surface area contributed by atoms with Crippen molar-refractivity contribution in [2.24, 2.45) is 5.92 Å². The molecule has 0 bridgehead atoms. The summed E-state index contributed by atoms with van der Waals surface area (Å²) in [5.74, 6) is 1.19. The monoisotopic (exact) mass is 365 g/mol. The topological polar surface area (TPSA) is 32.7 Å². The molecular weight excluding hydrogens is 334 g/mol. The first kappa shape index (κ1) is 18.5. The number of ether oxygens (including phenoxy) is 1. The minimum absolute atomic E-state index is 0.260. The number of aryl methyl sites for hydroxylation is 1. The molecule has 0 spiro atoms. The normalized spacial score (nSPS) is 28.6. The number of piperidine rings is 1. The number of hydrogen-bond acceptors (Lipinski definition) is 3. The number of aliphatic hydroxyl groups is 1. The molecule has 1 heterocycles. The van der Waals surface area contributed by atoms with Gasteiger partial charge in [-0.2, -0.15) is 0 Å². The Balaban J connectivity index is 1.66. The van der Waals surface area contributed by atoms with Crippen LogP contribution >= 0.6 is 0 Å². The average Bonchev–Trinajstić information content (AvgIpc) is 2.70. The van der Waals surface area contributed by atoms with Gasteiger partial charge in [0.15, 0.2) is 0 Å². The second kappa shape index (κ2) is 7.65. The van der Waals surface area contributed by atoms with Crippen LogP contribution in [0.3, 0.4) is 0 Å². The number of benzene rings is 2. The molecule has 0 amide bonds. The van der Waals surface area contributed by atoms with Gasteiger partial charge in [0.1, 0.15) is 5.75 Å². The van der Waals surface area contributed by atoms with E-state index in [0.717, 1.165) is 44.5 Å². The van der Waals surface area contributed by atoms with Crippen molar-refractivity contribution in [3.05, 3.63) is 65.2 Å². The smallest absolute Gasteiger partial charge is 0.118 e. The number of rotatable bonds is 4. The van der Waals surface area contributed by atoms with Crippen LogP contribution in [0.5, 0.6) is 5.75 Å². The van der Waals surface area contributed by atoms with Crippen molar-refractivity contribution in [2.75, 3.05) is 13.7 Å². The van der Waals surface area contributed by atoms with E-state index in [0.29, 0.717) is 5.92 Å². The molecule has 1 saturated heterocycles. The van der Waals surface area contributed by atoms with E-state index in [1.54, 1.807) is 7.11 Å². The van der Waals surface area contributed by atoms with Gasteiger partial charge in [-0.3, -0.25) is 4.90 Å². The third kappa shape index (κ3) is 3.76. The van der Waals surface area contributed by atoms with Crippen molar-refractivity contribution >= 4 is 0 Å². The highest BCUT2D eigenvalue weighted by Gasteiger charge is 2.48. The molecule has 1 saturated carbocycles. The van der Waals surface area contributed by atoms with Gasteiger partial charge in [-0.1, -0.05) is 54.8 Å². The lowest BCUT2D eigenvalue weighted by atomic mass is 9.66. The van der Waals surface area contributed by atoms with Crippen LogP contribution in [0.1, 0.15) is 54.8 Å². The van der Waals surface area contributed by atoms with E-state index in [2.05, 4.69) is 60.4 Å². The molecule has 27 heavy (non-hydrogen) atoms. The highest BCUT2D eigenvalue weighted by atomic mass is 16.5. The maximum Gasteiger partial charge on any atom is 0.118 e. The van der Waals surface area contributed by atoms with Crippen LogP contribution in [0.15, 0.2) is 48.5 Å². The summed E-state index contributed by atoms with van der Waals surface area (Å²) >= 11 is 0. The predicted octanol–water partition coefficient (Wildman–Crippen LogP) is 4.87. The highest BCUT2D eigenvalue weighted by molar-refractivity contribution is 5.31. The molecule has 4 rings (SSSR count). The third-order valence-electron chi connectivity index (χ3n) is 6.64. The number of fused-ring (bicyclic) bond motifs is 1. The third-order valence-corrected chi connectivity index (χ3v) is 6.64. The predicted molar refractivity (Wildman–Crippen MR) is 109 cm³/mol. The number of likely N-dealkylation sites (tertiary alicyclic amines) is 1. The average molecular weight is 366 g/mol.